The molecule has 0 radical (unpaired) electrons. The van der Waals surface area contributed by atoms with E-state index in [-0.39, 0.29) is 6.61 Å². The van der Waals surface area contributed by atoms with E-state index in [0.29, 0.717) is 16.3 Å². The SMILES string of the molecule is CCOC(=O)C(F)n1ncc(N2CCCC(C)C2)cc1=O. The zero-order valence-electron chi connectivity index (χ0n) is 12.3. The van der Waals surface area contributed by atoms with Crippen LogP contribution in [0.4, 0.5) is 10.1 Å². The highest BCUT2D eigenvalue weighted by Gasteiger charge is 2.24. The minimum atomic E-state index is -2.20. The molecule has 6 nitrogen and oxygen atoms in total. The Kier molecular flexibility index (Phi) is 4.93. The lowest BCUT2D eigenvalue weighted by Crippen LogP contribution is -2.36. The number of carbonyl (C=O) groups excluding carboxylic acids is 1. The summed E-state index contributed by atoms with van der Waals surface area (Å²) in [5, 5.41) is 3.77. The Morgan fingerprint density at radius 3 is 3.00 bits per heavy atom. The molecule has 2 heterocycles. The second kappa shape index (κ2) is 6.69. The Labute approximate surface area is 122 Å². The molecule has 0 bridgehead atoms. The molecule has 0 spiro atoms. The highest BCUT2D eigenvalue weighted by molar-refractivity contribution is 5.72. The van der Waals surface area contributed by atoms with Crippen LogP contribution >= 0.6 is 0 Å². The van der Waals surface area contributed by atoms with E-state index in [2.05, 4.69) is 21.7 Å². The molecular formula is C14H20FN3O3. The molecule has 21 heavy (non-hydrogen) atoms. The first-order chi connectivity index (χ1) is 10.0. The molecule has 0 aliphatic carbocycles. The number of hydrogen-bond donors (Lipinski definition) is 0. The van der Waals surface area contributed by atoms with Gasteiger partial charge in [-0.15, -0.1) is 0 Å². The third kappa shape index (κ3) is 3.59. The number of carbonyl (C=O) groups is 1. The summed E-state index contributed by atoms with van der Waals surface area (Å²) in [4.78, 5) is 25.3. The molecule has 1 aromatic heterocycles. The fourth-order valence-corrected chi connectivity index (χ4v) is 2.49. The van der Waals surface area contributed by atoms with Gasteiger partial charge in [0.15, 0.2) is 0 Å². The van der Waals surface area contributed by atoms with Crippen molar-refractivity contribution in [3.05, 3.63) is 22.6 Å². The van der Waals surface area contributed by atoms with Gasteiger partial charge in [0.05, 0.1) is 18.5 Å². The lowest BCUT2D eigenvalue weighted by atomic mass is 10.00. The van der Waals surface area contributed by atoms with Crippen molar-refractivity contribution in [2.75, 3.05) is 24.6 Å². The molecule has 116 valence electrons. The second-order valence-electron chi connectivity index (χ2n) is 5.28. The van der Waals surface area contributed by atoms with Gasteiger partial charge in [0.25, 0.3) is 11.9 Å². The average molecular weight is 297 g/mol. The highest BCUT2D eigenvalue weighted by Crippen LogP contribution is 2.21. The first-order valence-corrected chi connectivity index (χ1v) is 7.17. The van der Waals surface area contributed by atoms with Gasteiger partial charge >= 0.3 is 5.97 Å². The van der Waals surface area contributed by atoms with Crippen LogP contribution in [-0.4, -0.2) is 35.4 Å². The van der Waals surface area contributed by atoms with Crippen molar-refractivity contribution in [1.82, 2.24) is 9.78 Å². The van der Waals surface area contributed by atoms with Crippen molar-refractivity contribution in [2.24, 2.45) is 5.92 Å². The number of anilines is 1. The summed E-state index contributed by atoms with van der Waals surface area (Å²) in [6, 6.07) is 1.32. The van der Waals surface area contributed by atoms with Crippen LogP contribution in [0.25, 0.3) is 0 Å². The lowest BCUT2D eigenvalue weighted by Gasteiger charge is -2.32. The Morgan fingerprint density at radius 2 is 2.38 bits per heavy atom. The zero-order valence-corrected chi connectivity index (χ0v) is 12.3. The Morgan fingerprint density at radius 1 is 1.62 bits per heavy atom. The lowest BCUT2D eigenvalue weighted by molar-refractivity contribution is -0.153. The van der Waals surface area contributed by atoms with E-state index < -0.39 is 17.8 Å². The molecule has 0 saturated carbocycles. The summed E-state index contributed by atoms with van der Waals surface area (Å²) in [5.74, 6) is -0.555. The van der Waals surface area contributed by atoms with Crippen molar-refractivity contribution >= 4 is 11.7 Å². The number of rotatable bonds is 4. The monoisotopic (exact) mass is 297 g/mol. The van der Waals surface area contributed by atoms with E-state index in [1.807, 2.05) is 0 Å². The van der Waals surface area contributed by atoms with Crippen LogP contribution in [-0.2, 0) is 9.53 Å². The average Bonchev–Trinajstić information content (AvgIpc) is 2.46. The maximum atomic E-state index is 13.8. The molecular weight excluding hydrogens is 277 g/mol. The van der Waals surface area contributed by atoms with Crippen LogP contribution in [0, 0.1) is 5.92 Å². The minimum absolute atomic E-state index is 0.0533. The minimum Gasteiger partial charge on any atom is -0.462 e. The van der Waals surface area contributed by atoms with E-state index in [1.165, 1.54) is 12.3 Å². The quantitative estimate of drug-likeness (QED) is 0.788. The van der Waals surface area contributed by atoms with Crippen LogP contribution in [0.3, 0.4) is 0 Å². The van der Waals surface area contributed by atoms with Crippen LogP contribution in [0.15, 0.2) is 17.1 Å². The van der Waals surface area contributed by atoms with Gasteiger partial charge in [-0.3, -0.25) is 4.79 Å². The molecule has 1 saturated heterocycles. The standard InChI is InChI=1S/C14H20FN3O3/c1-3-21-14(20)13(15)18-12(19)7-11(8-16-18)17-6-4-5-10(2)9-17/h7-8,10,13H,3-6,9H2,1-2H3. The van der Waals surface area contributed by atoms with E-state index in [0.717, 1.165) is 25.9 Å². The van der Waals surface area contributed by atoms with Crippen molar-refractivity contribution in [2.45, 2.75) is 33.0 Å². The number of alkyl halides is 1. The van der Waals surface area contributed by atoms with Crippen LogP contribution in [0.2, 0.25) is 0 Å². The number of nitrogens with zero attached hydrogens (tertiary/aromatic N) is 3. The van der Waals surface area contributed by atoms with Crippen molar-refractivity contribution < 1.29 is 13.9 Å². The van der Waals surface area contributed by atoms with Gasteiger partial charge in [0, 0.05) is 19.2 Å². The maximum Gasteiger partial charge on any atom is 0.363 e. The maximum absolute atomic E-state index is 13.8. The number of aromatic nitrogens is 2. The number of piperidine rings is 1. The van der Waals surface area contributed by atoms with Gasteiger partial charge in [0.2, 0.25) is 0 Å². The fourth-order valence-electron chi connectivity index (χ4n) is 2.49. The summed E-state index contributed by atoms with van der Waals surface area (Å²) in [5.41, 5.74) is 0.0186. The molecule has 1 aliphatic heterocycles. The Hall–Kier alpha value is -1.92. The normalized spacial score (nSPS) is 20.1. The first-order valence-electron chi connectivity index (χ1n) is 7.17. The zero-order chi connectivity index (χ0) is 15.4. The predicted molar refractivity (Wildman–Crippen MR) is 75.9 cm³/mol. The molecule has 0 N–H and O–H groups in total. The first kappa shape index (κ1) is 15.5. The smallest absolute Gasteiger partial charge is 0.363 e. The van der Waals surface area contributed by atoms with Crippen LogP contribution in [0.1, 0.15) is 33.0 Å². The molecule has 2 rings (SSSR count). The number of esters is 1. The molecule has 2 unspecified atom stereocenters. The van der Waals surface area contributed by atoms with E-state index in [1.54, 1.807) is 6.92 Å². The van der Waals surface area contributed by atoms with Crippen LogP contribution < -0.4 is 10.5 Å². The molecule has 2 atom stereocenters. The van der Waals surface area contributed by atoms with Gasteiger partial charge in [-0.25, -0.2) is 9.18 Å². The van der Waals surface area contributed by atoms with E-state index in [4.69, 9.17) is 0 Å². The number of ether oxygens (including phenoxy) is 1. The van der Waals surface area contributed by atoms with Gasteiger partial charge in [-0.2, -0.15) is 9.78 Å². The van der Waals surface area contributed by atoms with E-state index in [9.17, 15) is 14.0 Å². The Balaban J connectivity index is 2.17. The van der Waals surface area contributed by atoms with E-state index >= 15 is 0 Å². The van der Waals surface area contributed by atoms with Gasteiger partial charge in [0.1, 0.15) is 0 Å². The van der Waals surface area contributed by atoms with Gasteiger partial charge in [-0.1, -0.05) is 6.92 Å². The van der Waals surface area contributed by atoms with Crippen molar-refractivity contribution in [1.29, 1.82) is 0 Å². The van der Waals surface area contributed by atoms with Crippen molar-refractivity contribution in [3.8, 4) is 0 Å². The summed E-state index contributed by atoms with van der Waals surface area (Å²) in [6.45, 7) is 5.48. The molecule has 1 aliphatic rings. The summed E-state index contributed by atoms with van der Waals surface area (Å²) in [6.07, 6.45) is 1.44. The van der Waals surface area contributed by atoms with Gasteiger partial charge < -0.3 is 9.64 Å². The molecule has 7 heteroatoms. The second-order valence-corrected chi connectivity index (χ2v) is 5.28. The molecule has 1 fully saturated rings. The largest absolute Gasteiger partial charge is 0.462 e. The predicted octanol–water partition coefficient (Wildman–Crippen LogP) is 1.51. The van der Waals surface area contributed by atoms with Crippen LogP contribution in [0.5, 0.6) is 0 Å². The van der Waals surface area contributed by atoms with Gasteiger partial charge in [-0.05, 0) is 25.7 Å². The summed E-state index contributed by atoms with van der Waals surface area (Å²) in [7, 11) is 0. The molecule has 0 amide bonds. The summed E-state index contributed by atoms with van der Waals surface area (Å²) < 4.78 is 18.9. The number of hydrogen-bond acceptors (Lipinski definition) is 5. The fraction of sp³-hybridized carbons (Fsp3) is 0.643. The van der Waals surface area contributed by atoms with Crippen molar-refractivity contribution in [3.63, 3.8) is 0 Å². The molecule has 1 aromatic rings. The molecule has 0 aromatic carbocycles. The Bertz CT molecular complexity index is 561. The third-order valence-corrected chi connectivity index (χ3v) is 3.53. The topological polar surface area (TPSA) is 64.4 Å². The highest BCUT2D eigenvalue weighted by atomic mass is 19.1. The number of halogens is 1. The third-order valence-electron chi connectivity index (χ3n) is 3.53. The summed E-state index contributed by atoms with van der Waals surface area (Å²) >= 11 is 0.